The molecule has 1 heterocycles. The lowest BCUT2D eigenvalue weighted by Gasteiger charge is -2.34. The van der Waals surface area contributed by atoms with E-state index < -0.39 is 0 Å². The molecule has 0 radical (unpaired) electrons. The van der Waals surface area contributed by atoms with Gasteiger partial charge in [-0.15, -0.1) is 0 Å². The van der Waals surface area contributed by atoms with Gasteiger partial charge in [-0.05, 0) is 23.6 Å². The van der Waals surface area contributed by atoms with Gasteiger partial charge in [0.15, 0.2) is 0 Å². The van der Waals surface area contributed by atoms with Crippen LogP contribution in [0.4, 0.5) is 11.4 Å². The van der Waals surface area contributed by atoms with E-state index in [1.165, 1.54) is 0 Å². The summed E-state index contributed by atoms with van der Waals surface area (Å²) in [4.78, 5) is 0. The predicted molar refractivity (Wildman–Crippen MR) is 69.7 cm³/mol. The zero-order valence-corrected chi connectivity index (χ0v) is 10.1. The molecule has 16 heavy (non-hydrogen) atoms. The second-order valence-corrected chi connectivity index (χ2v) is 5.36. The fraction of sp³-hybridized carbons (Fsp3) is 0.462. The number of nitrogens with two attached hydrogens (primary N) is 1. The first-order valence-corrected chi connectivity index (χ1v) is 5.66. The van der Waals surface area contributed by atoms with Crippen molar-refractivity contribution in [3.05, 3.63) is 24.3 Å². The van der Waals surface area contributed by atoms with E-state index in [9.17, 15) is 0 Å². The van der Waals surface area contributed by atoms with Gasteiger partial charge < -0.3 is 5.73 Å². The Kier molecular flexibility index (Phi) is 2.62. The Morgan fingerprint density at radius 3 is 2.75 bits per heavy atom. The standard InChI is InChI=1S/C13H19N3/c1-13(2,3)12-7-8-15-16(12)11-6-4-5-10(14)9-11/h4-6,8-9,12H,7,14H2,1-3H3. The van der Waals surface area contributed by atoms with Crippen LogP contribution in [0.2, 0.25) is 0 Å². The fourth-order valence-electron chi connectivity index (χ4n) is 2.05. The van der Waals surface area contributed by atoms with Gasteiger partial charge in [-0.25, -0.2) is 0 Å². The highest BCUT2D eigenvalue weighted by atomic mass is 15.5. The van der Waals surface area contributed by atoms with Crippen molar-refractivity contribution < 1.29 is 0 Å². The molecule has 2 N–H and O–H groups in total. The third-order valence-electron chi connectivity index (χ3n) is 2.96. The van der Waals surface area contributed by atoms with E-state index in [1.807, 2.05) is 24.4 Å². The summed E-state index contributed by atoms with van der Waals surface area (Å²) in [6, 6.07) is 8.31. The fourth-order valence-corrected chi connectivity index (χ4v) is 2.05. The summed E-state index contributed by atoms with van der Waals surface area (Å²) in [5, 5.41) is 6.53. The predicted octanol–water partition coefficient (Wildman–Crippen LogP) is 2.88. The summed E-state index contributed by atoms with van der Waals surface area (Å²) >= 11 is 0. The zero-order chi connectivity index (χ0) is 11.8. The first kappa shape index (κ1) is 11.0. The molecule has 86 valence electrons. The van der Waals surface area contributed by atoms with Crippen LogP contribution >= 0.6 is 0 Å². The van der Waals surface area contributed by atoms with Gasteiger partial charge in [-0.3, -0.25) is 5.01 Å². The van der Waals surface area contributed by atoms with Gasteiger partial charge in [-0.2, -0.15) is 5.10 Å². The van der Waals surface area contributed by atoms with Crippen LogP contribution in [0.15, 0.2) is 29.4 Å². The van der Waals surface area contributed by atoms with Crippen molar-refractivity contribution in [2.24, 2.45) is 10.5 Å². The molecule has 0 aliphatic carbocycles. The van der Waals surface area contributed by atoms with Crippen molar-refractivity contribution in [3.8, 4) is 0 Å². The molecular weight excluding hydrogens is 198 g/mol. The summed E-state index contributed by atoms with van der Waals surface area (Å²) in [7, 11) is 0. The van der Waals surface area contributed by atoms with Crippen molar-refractivity contribution in [1.82, 2.24) is 0 Å². The van der Waals surface area contributed by atoms with Crippen molar-refractivity contribution in [3.63, 3.8) is 0 Å². The Bertz CT molecular complexity index is 404. The SMILES string of the molecule is CC(C)(C)C1CC=NN1c1cccc(N)c1. The third kappa shape index (κ3) is 2.03. The minimum atomic E-state index is 0.209. The number of benzene rings is 1. The van der Waals surface area contributed by atoms with Gasteiger partial charge >= 0.3 is 0 Å². The van der Waals surface area contributed by atoms with E-state index in [2.05, 4.69) is 36.9 Å². The van der Waals surface area contributed by atoms with Crippen LogP contribution in [0.3, 0.4) is 0 Å². The summed E-state index contributed by atoms with van der Waals surface area (Å²) in [6.07, 6.45) is 2.98. The minimum absolute atomic E-state index is 0.209. The van der Waals surface area contributed by atoms with Gasteiger partial charge in [0.1, 0.15) is 0 Å². The Hall–Kier alpha value is -1.51. The van der Waals surface area contributed by atoms with Crippen LogP contribution in [-0.2, 0) is 0 Å². The summed E-state index contributed by atoms with van der Waals surface area (Å²) in [5.41, 5.74) is 7.87. The van der Waals surface area contributed by atoms with E-state index in [0.717, 1.165) is 17.8 Å². The van der Waals surface area contributed by atoms with Crippen LogP contribution in [0.5, 0.6) is 0 Å². The van der Waals surface area contributed by atoms with E-state index >= 15 is 0 Å². The second-order valence-electron chi connectivity index (χ2n) is 5.36. The van der Waals surface area contributed by atoms with E-state index in [4.69, 9.17) is 5.73 Å². The van der Waals surface area contributed by atoms with Crippen LogP contribution < -0.4 is 10.7 Å². The molecular formula is C13H19N3. The normalized spacial score (nSPS) is 20.4. The van der Waals surface area contributed by atoms with E-state index in [0.29, 0.717) is 6.04 Å². The molecule has 0 saturated carbocycles. The highest BCUT2D eigenvalue weighted by Gasteiger charge is 2.32. The average molecular weight is 217 g/mol. The van der Waals surface area contributed by atoms with E-state index in [-0.39, 0.29) is 5.41 Å². The number of nitrogen functional groups attached to an aromatic ring is 1. The maximum absolute atomic E-state index is 5.80. The van der Waals surface area contributed by atoms with Crippen LogP contribution in [0.1, 0.15) is 27.2 Å². The first-order chi connectivity index (χ1) is 7.48. The molecule has 1 aromatic carbocycles. The lowest BCUT2D eigenvalue weighted by molar-refractivity contribution is 0.321. The summed E-state index contributed by atoms with van der Waals surface area (Å²) in [5.74, 6) is 0. The quantitative estimate of drug-likeness (QED) is 0.735. The monoisotopic (exact) mass is 217 g/mol. The molecule has 3 heteroatoms. The largest absolute Gasteiger partial charge is 0.399 e. The Labute approximate surface area is 96.9 Å². The maximum Gasteiger partial charge on any atom is 0.0624 e. The smallest absolute Gasteiger partial charge is 0.0624 e. The molecule has 0 spiro atoms. The zero-order valence-electron chi connectivity index (χ0n) is 10.1. The van der Waals surface area contributed by atoms with E-state index in [1.54, 1.807) is 0 Å². The molecule has 0 aromatic heterocycles. The Morgan fingerprint density at radius 2 is 2.12 bits per heavy atom. The van der Waals surface area contributed by atoms with Crippen molar-refractivity contribution in [1.29, 1.82) is 0 Å². The second kappa shape index (κ2) is 3.81. The molecule has 0 fully saturated rings. The number of anilines is 2. The molecule has 0 bridgehead atoms. The molecule has 1 aliphatic heterocycles. The topological polar surface area (TPSA) is 41.6 Å². The molecule has 1 atom stereocenters. The summed E-state index contributed by atoms with van der Waals surface area (Å²) in [6.45, 7) is 6.73. The number of hydrogen-bond acceptors (Lipinski definition) is 3. The van der Waals surface area contributed by atoms with Crippen molar-refractivity contribution in [2.45, 2.75) is 33.2 Å². The first-order valence-electron chi connectivity index (χ1n) is 5.66. The van der Waals surface area contributed by atoms with Crippen LogP contribution in [0, 0.1) is 5.41 Å². The van der Waals surface area contributed by atoms with Gasteiger partial charge in [0.2, 0.25) is 0 Å². The number of rotatable bonds is 1. The minimum Gasteiger partial charge on any atom is -0.399 e. The highest BCUT2D eigenvalue weighted by Crippen LogP contribution is 2.33. The molecule has 1 aliphatic rings. The average Bonchev–Trinajstić information content (AvgIpc) is 2.65. The van der Waals surface area contributed by atoms with Crippen LogP contribution in [-0.4, -0.2) is 12.3 Å². The molecule has 1 unspecified atom stereocenters. The Balaban J connectivity index is 2.30. The van der Waals surface area contributed by atoms with Crippen LogP contribution in [0.25, 0.3) is 0 Å². The number of hydrogen-bond donors (Lipinski definition) is 1. The molecule has 2 rings (SSSR count). The molecule has 0 amide bonds. The van der Waals surface area contributed by atoms with Crippen molar-refractivity contribution in [2.75, 3.05) is 10.7 Å². The van der Waals surface area contributed by atoms with Gasteiger partial charge in [0.25, 0.3) is 0 Å². The summed E-state index contributed by atoms with van der Waals surface area (Å²) < 4.78 is 0. The highest BCUT2D eigenvalue weighted by molar-refractivity contribution is 5.68. The third-order valence-corrected chi connectivity index (χ3v) is 2.96. The van der Waals surface area contributed by atoms with Gasteiger partial charge in [-0.1, -0.05) is 26.8 Å². The molecule has 3 nitrogen and oxygen atoms in total. The lowest BCUT2D eigenvalue weighted by Crippen LogP contribution is -2.38. The van der Waals surface area contributed by atoms with Gasteiger partial charge in [0.05, 0.1) is 11.7 Å². The lowest BCUT2D eigenvalue weighted by atomic mass is 9.85. The number of hydrazone groups is 1. The molecule has 1 aromatic rings. The van der Waals surface area contributed by atoms with Gasteiger partial charge in [0, 0.05) is 18.3 Å². The number of nitrogens with zero attached hydrogens (tertiary/aromatic N) is 2. The maximum atomic E-state index is 5.80. The van der Waals surface area contributed by atoms with Crippen molar-refractivity contribution >= 4 is 17.6 Å². The Morgan fingerprint density at radius 1 is 1.38 bits per heavy atom. The molecule has 0 saturated heterocycles.